The van der Waals surface area contributed by atoms with Gasteiger partial charge in [-0.1, -0.05) is 12.1 Å². The number of amides is 1. The molecule has 0 radical (unpaired) electrons. The molecule has 0 heterocycles. The first-order chi connectivity index (χ1) is 15.1. The summed E-state index contributed by atoms with van der Waals surface area (Å²) in [6.45, 7) is 4.03. The highest BCUT2D eigenvalue weighted by atomic mass is 32.2. The van der Waals surface area contributed by atoms with Gasteiger partial charge in [0.05, 0.1) is 32.3 Å². The molecule has 32 heavy (non-hydrogen) atoms. The van der Waals surface area contributed by atoms with E-state index in [9.17, 15) is 13.2 Å². The number of ether oxygens (including phenoxy) is 3. The van der Waals surface area contributed by atoms with Crippen molar-refractivity contribution in [2.75, 3.05) is 37.9 Å². The average Bonchev–Trinajstić information content (AvgIpc) is 2.73. The average molecular weight is 465 g/mol. The van der Waals surface area contributed by atoms with Crippen molar-refractivity contribution in [1.82, 2.24) is 5.32 Å². The number of rotatable bonds is 12. The Kier molecular flexibility index (Phi) is 9.19. The summed E-state index contributed by atoms with van der Waals surface area (Å²) in [5.41, 5.74) is 1.38. The van der Waals surface area contributed by atoms with Crippen molar-refractivity contribution < 1.29 is 27.4 Å². The summed E-state index contributed by atoms with van der Waals surface area (Å²) < 4.78 is 41.9. The van der Waals surface area contributed by atoms with E-state index in [0.29, 0.717) is 24.5 Å². The van der Waals surface area contributed by atoms with Gasteiger partial charge in [0.15, 0.2) is 0 Å². The number of aryl methyl sites for hydroxylation is 1. The van der Waals surface area contributed by atoms with Crippen molar-refractivity contribution in [1.29, 1.82) is 0 Å². The van der Waals surface area contributed by atoms with Crippen molar-refractivity contribution in [2.45, 2.75) is 32.8 Å². The molecule has 0 spiro atoms. The molecule has 2 aromatic carbocycles. The van der Waals surface area contributed by atoms with E-state index >= 15 is 0 Å². The van der Waals surface area contributed by atoms with Crippen LogP contribution in [0.2, 0.25) is 0 Å². The van der Waals surface area contributed by atoms with E-state index in [1.54, 1.807) is 18.2 Å². The maximum Gasteiger partial charge on any atom is 0.240 e. The third kappa shape index (κ3) is 7.64. The number of nitrogens with one attached hydrogen (secondary N) is 1. The third-order valence-corrected chi connectivity index (χ3v) is 5.70. The molecule has 2 aromatic rings. The number of hydrogen-bond donors (Lipinski definition) is 1. The third-order valence-electron chi connectivity index (χ3n) is 4.58. The van der Waals surface area contributed by atoms with Crippen LogP contribution in [0.15, 0.2) is 42.5 Å². The molecule has 0 aromatic heterocycles. The van der Waals surface area contributed by atoms with Gasteiger partial charge in [0.2, 0.25) is 15.9 Å². The van der Waals surface area contributed by atoms with Gasteiger partial charge in [0, 0.05) is 12.6 Å². The van der Waals surface area contributed by atoms with E-state index in [1.807, 2.05) is 38.1 Å². The molecule has 1 N–H and O–H groups in total. The summed E-state index contributed by atoms with van der Waals surface area (Å²) in [6.07, 6.45) is 2.63. The molecule has 1 amide bonds. The van der Waals surface area contributed by atoms with Gasteiger partial charge >= 0.3 is 0 Å². The Bertz CT molecular complexity index is 1010. The largest absolute Gasteiger partial charge is 0.497 e. The zero-order valence-electron chi connectivity index (χ0n) is 19.3. The topological polar surface area (TPSA) is 94.2 Å². The predicted octanol–water partition coefficient (Wildman–Crippen LogP) is 3.01. The van der Waals surface area contributed by atoms with E-state index in [0.717, 1.165) is 28.3 Å². The van der Waals surface area contributed by atoms with Gasteiger partial charge in [0.1, 0.15) is 23.8 Å². The van der Waals surface area contributed by atoms with Crippen molar-refractivity contribution in [3.63, 3.8) is 0 Å². The Balaban J connectivity index is 1.96. The Morgan fingerprint density at radius 3 is 2.44 bits per heavy atom. The second-order valence-corrected chi connectivity index (χ2v) is 9.48. The Labute approximate surface area is 190 Å². The zero-order valence-corrected chi connectivity index (χ0v) is 20.1. The number of methoxy groups -OCH3 is 2. The standard InChI is InChI=1S/C23H32N2O6S/c1-17(2)31-20-10-6-8-18(14-20)9-7-13-24-23(26)16-25(32(5,27)28)21-12-11-19(29-3)15-22(21)30-4/h6,8,10-12,14-15,17H,7,9,13,16H2,1-5H3,(H,24,26). The van der Waals surface area contributed by atoms with Crippen LogP contribution in [0.5, 0.6) is 17.2 Å². The van der Waals surface area contributed by atoms with Gasteiger partial charge in [0.25, 0.3) is 0 Å². The minimum Gasteiger partial charge on any atom is -0.497 e. The number of hydrogen-bond acceptors (Lipinski definition) is 6. The van der Waals surface area contributed by atoms with Gasteiger partial charge in [-0.2, -0.15) is 0 Å². The Morgan fingerprint density at radius 2 is 1.81 bits per heavy atom. The fourth-order valence-electron chi connectivity index (χ4n) is 3.13. The van der Waals surface area contributed by atoms with E-state index in [-0.39, 0.29) is 18.3 Å². The van der Waals surface area contributed by atoms with Crippen LogP contribution in [0.25, 0.3) is 0 Å². The lowest BCUT2D eigenvalue weighted by atomic mass is 10.1. The summed E-state index contributed by atoms with van der Waals surface area (Å²) in [7, 11) is -0.781. The van der Waals surface area contributed by atoms with Crippen molar-refractivity contribution >= 4 is 21.6 Å². The molecule has 0 aliphatic rings. The molecule has 0 saturated heterocycles. The fraction of sp³-hybridized carbons (Fsp3) is 0.435. The molecule has 0 unspecified atom stereocenters. The van der Waals surface area contributed by atoms with Crippen LogP contribution in [0.3, 0.4) is 0 Å². The van der Waals surface area contributed by atoms with Gasteiger partial charge in [-0.05, 0) is 56.5 Å². The molecule has 0 saturated carbocycles. The van der Waals surface area contributed by atoms with Gasteiger partial charge in [-0.15, -0.1) is 0 Å². The summed E-state index contributed by atoms with van der Waals surface area (Å²) in [5.74, 6) is 1.24. The number of carbonyl (C=O) groups is 1. The summed E-state index contributed by atoms with van der Waals surface area (Å²) >= 11 is 0. The number of benzene rings is 2. The SMILES string of the molecule is COc1ccc(N(CC(=O)NCCCc2cccc(OC(C)C)c2)S(C)(=O)=O)c(OC)c1. The first kappa shape index (κ1) is 25.3. The lowest BCUT2D eigenvalue weighted by molar-refractivity contribution is -0.119. The minimum absolute atomic E-state index is 0.103. The van der Waals surface area contributed by atoms with Crippen LogP contribution in [0.1, 0.15) is 25.8 Å². The minimum atomic E-state index is -3.72. The van der Waals surface area contributed by atoms with Gasteiger partial charge < -0.3 is 19.5 Å². The van der Waals surface area contributed by atoms with E-state index < -0.39 is 15.9 Å². The van der Waals surface area contributed by atoms with E-state index in [4.69, 9.17) is 14.2 Å². The Morgan fingerprint density at radius 1 is 1.06 bits per heavy atom. The fourth-order valence-corrected chi connectivity index (χ4v) is 3.99. The molecule has 0 atom stereocenters. The second-order valence-electron chi connectivity index (χ2n) is 7.57. The van der Waals surface area contributed by atoms with E-state index in [1.165, 1.54) is 14.2 Å². The van der Waals surface area contributed by atoms with Crippen LogP contribution in [0, 0.1) is 0 Å². The highest BCUT2D eigenvalue weighted by Gasteiger charge is 2.24. The molecule has 0 fully saturated rings. The van der Waals surface area contributed by atoms with Gasteiger partial charge in [-0.25, -0.2) is 8.42 Å². The zero-order chi connectivity index (χ0) is 23.7. The molecular formula is C23H32N2O6S. The highest BCUT2D eigenvalue weighted by Crippen LogP contribution is 2.33. The van der Waals surface area contributed by atoms with Crippen molar-refractivity contribution in [3.05, 3.63) is 48.0 Å². The molecule has 0 aliphatic heterocycles. The number of carbonyl (C=O) groups excluding carboxylic acids is 1. The number of sulfonamides is 1. The molecule has 2 rings (SSSR count). The number of anilines is 1. The van der Waals surface area contributed by atoms with Crippen molar-refractivity contribution in [3.8, 4) is 17.2 Å². The van der Waals surface area contributed by atoms with Crippen molar-refractivity contribution in [2.24, 2.45) is 0 Å². The lowest BCUT2D eigenvalue weighted by Gasteiger charge is -2.24. The van der Waals surface area contributed by atoms with E-state index in [2.05, 4.69) is 5.32 Å². The smallest absolute Gasteiger partial charge is 0.240 e. The summed E-state index contributed by atoms with van der Waals surface area (Å²) in [6, 6.07) is 12.6. The Hall–Kier alpha value is -2.94. The first-order valence-corrected chi connectivity index (χ1v) is 12.2. The molecular weight excluding hydrogens is 432 g/mol. The van der Waals surface area contributed by atoms with Crippen LogP contribution in [-0.4, -0.2) is 54.0 Å². The molecule has 176 valence electrons. The van der Waals surface area contributed by atoms with Crippen LogP contribution in [-0.2, 0) is 21.2 Å². The second kappa shape index (κ2) is 11.6. The maximum absolute atomic E-state index is 12.5. The molecule has 0 bridgehead atoms. The highest BCUT2D eigenvalue weighted by molar-refractivity contribution is 7.92. The predicted molar refractivity (Wildman–Crippen MR) is 125 cm³/mol. The molecule has 0 aliphatic carbocycles. The quantitative estimate of drug-likeness (QED) is 0.486. The first-order valence-electron chi connectivity index (χ1n) is 10.4. The lowest BCUT2D eigenvalue weighted by Crippen LogP contribution is -2.40. The summed E-state index contributed by atoms with van der Waals surface area (Å²) in [5, 5.41) is 2.79. The van der Waals surface area contributed by atoms with Crippen LogP contribution < -0.4 is 23.8 Å². The number of nitrogens with zero attached hydrogens (tertiary/aromatic N) is 1. The van der Waals surface area contributed by atoms with Gasteiger partial charge in [-0.3, -0.25) is 9.10 Å². The molecule has 9 heteroatoms. The van der Waals surface area contributed by atoms with Crippen LogP contribution in [0.4, 0.5) is 5.69 Å². The summed E-state index contributed by atoms with van der Waals surface area (Å²) in [4.78, 5) is 12.5. The normalized spacial score (nSPS) is 11.2. The maximum atomic E-state index is 12.5. The monoisotopic (exact) mass is 464 g/mol. The van der Waals surface area contributed by atoms with Crippen LogP contribution >= 0.6 is 0 Å². The molecule has 8 nitrogen and oxygen atoms in total.